The zero-order valence-electron chi connectivity index (χ0n) is 15.7. The van der Waals surface area contributed by atoms with Crippen molar-refractivity contribution >= 4 is 35.2 Å². The number of nitrogens with one attached hydrogen (secondary N) is 1. The van der Waals surface area contributed by atoms with E-state index in [1.54, 1.807) is 24.3 Å². The van der Waals surface area contributed by atoms with Gasteiger partial charge >= 0.3 is 5.97 Å². The number of carbonyl (C=O) groups is 2. The number of rotatable bonds is 6. The van der Waals surface area contributed by atoms with Crippen molar-refractivity contribution in [3.05, 3.63) is 57.9 Å². The summed E-state index contributed by atoms with van der Waals surface area (Å²) in [6.07, 6.45) is 3.81. The van der Waals surface area contributed by atoms with Crippen molar-refractivity contribution in [2.24, 2.45) is 0 Å². The van der Waals surface area contributed by atoms with Crippen LogP contribution in [0.5, 0.6) is 0 Å². The lowest BCUT2D eigenvalue weighted by Gasteiger charge is -2.07. The van der Waals surface area contributed by atoms with E-state index in [2.05, 4.69) is 9.88 Å². The van der Waals surface area contributed by atoms with E-state index in [9.17, 15) is 14.9 Å². The summed E-state index contributed by atoms with van der Waals surface area (Å²) in [4.78, 5) is 24.2. The van der Waals surface area contributed by atoms with Crippen LogP contribution in [0, 0.1) is 25.2 Å². The Balaban J connectivity index is 1.64. The number of nitriles is 1. The van der Waals surface area contributed by atoms with Crippen molar-refractivity contribution in [1.82, 2.24) is 4.57 Å². The van der Waals surface area contributed by atoms with E-state index in [-0.39, 0.29) is 5.57 Å². The average molecular weight is 398 g/mol. The van der Waals surface area contributed by atoms with Gasteiger partial charge in [0.1, 0.15) is 11.6 Å². The number of aromatic nitrogens is 1. The van der Waals surface area contributed by atoms with E-state index in [1.807, 2.05) is 26.0 Å². The van der Waals surface area contributed by atoms with Crippen LogP contribution in [-0.2, 0) is 14.3 Å². The molecular weight excluding hydrogens is 378 g/mol. The standard InChI is InChI=1S/C21H20ClN3O3/c1-13-8-15(14(2)25(13)19-6-7-19)9-16(11-23)21(27)28-12-20(26)24-18-5-3-4-17(22)10-18/h3-5,8-10,19H,6-7,12H2,1-2H3,(H,24,26)/b16-9+. The first-order valence-corrected chi connectivity index (χ1v) is 9.29. The molecule has 1 aliphatic carbocycles. The number of aryl methyl sites for hydroxylation is 1. The molecule has 28 heavy (non-hydrogen) atoms. The third-order valence-corrected chi connectivity index (χ3v) is 4.75. The molecule has 1 amide bonds. The summed E-state index contributed by atoms with van der Waals surface area (Å²) in [6.45, 7) is 3.48. The van der Waals surface area contributed by atoms with Crippen LogP contribution in [0.3, 0.4) is 0 Å². The summed E-state index contributed by atoms with van der Waals surface area (Å²) in [5.41, 5.74) is 3.27. The average Bonchev–Trinajstić information content (AvgIpc) is 3.43. The number of ether oxygens (including phenoxy) is 1. The molecule has 1 aliphatic rings. The summed E-state index contributed by atoms with van der Waals surface area (Å²) in [6, 6.07) is 10.9. The van der Waals surface area contributed by atoms with Gasteiger partial charge in [-0.05, 0) is 62.6 Å². The molecule has 1 saturated carbocycles. The van der Waals surface area contributed by atoms with Gasteiger partial charge in [0, 0.05) is 28.1 Å². The van der Waals surface area contributed by atoms with Gasteiger partial charge in [-0.15, -0.1) is 0 Å². The van der Waals surface area contributed by atoms with Crippen molar-refractivity contribution < 1.29 is 14.3 Å². The summed E-state index contributed by atoms with van der Waals surface area (Å²) in [7, 11) is 0. The molecule has 0 atom stereocenters. The molecule has 0 bridgehead atoms. The molecule has 1 aromatic heterocycles. The van der Waals surface area contributed by atoms with E-state index in [0.29, 0.717) is 16.8 Å². The largest absolute Gasteiger partial charge is 0.451 e. The van der Waals surface area contributed by atoms with Crippen molar-refractivity contribution in [3.8, 4) is 6.07 Å². The number of amides is 1. The zero-order chi connectivity index (χ0) is 20.3. The number of halogens is 1. The maximum atomic E-state index is 12.2. The smallest absolute Gasteiger partial charge is 0.349 e. The minimum absolute atomic E-state index is 0.147. The van der Waals surface area contributed by atoms with Crippen LogP contribution in [0.15, 0.2) is 35.9 Å². The molecule has 0 spiro atoms. The highest BCUT2D eigenvalue weighted by atomic mass is 35.5. The molecule has 144 valence electrons. The van der Waals surface area contributed by atoms with Gasteiger partial charge in [0.2, 0.25) is 0 Å². The highest BCUT2D eigenvalue weighted by molar-refractivity contribution is 6.30. The fraction of sp³-hybridized carbons (Fsp3) is 0.286. The maximum Gasteiger partial charge on any atom is 0.349 e. The minimum Gasteiger partial charge on any atom is -0.451 e. The van der Waals surface area contributed by atoms with Gasteiger partial charge in [0.05, 0.1) is 0 Å². The highest BCUT2D eigenvalue weighted by Crippen LogP contribution is 2.38. The van der Waals surface area contributed by atoms with Gasteiger partial charge in [0.15, 0.2) is 6.61 Å². The van der Waals surface area contributed by atoms with Crippen LogP contribution in [0.4, 0.5) is 5.69 Å². The van der Waals surface area contributed by atoms with Crippen LogP contribution < -0.4 is 5.32 Å². The normalized spacial score (nSPS) is 13.7. The number of hydrogen-bond acceptors (Lipinski definition) is 4. The number of hydrogen-bond donors (Lipinski definition) is 1. The van der Waals surface area contributed by atoms with Gasteiger partial charge in [0.25, 0.3) is 5.91 Å². The number of nitrogens with zero attached hydrogens (tertiary/aromatic N) is 2. The van der Waals surface area contributed by atoms with E-state index >= 15 is 0 Å². The first kappa shape index (κ1) is 19.7. The van der Waals surface area contributed by atoms with Gasteiger partial charge in [-0.25, -0.2) is 4.79 Å². The summed E-state index contributed by atoms with van der Waals surface area (Å²) in [5.74, 6) is -1.35. The third-order valence-electron chi connectivity index (χ3n) is 4.52. The lowest BCUT2D eigenvalue weighted by atomic mass is 10.1. The fourth-order valence-electron chi connectivity index (χ4n) is 3.11. The Morgan fingerprint density at radius 1 is 1.36 bits per heavy atom. The molecule has 1 fully saturated rings. The second-order valence-electron chi connectivity index (χ2n) is 6.73. The molecule has 0 aliphatic heterocycles. The maximum absolute atomic E-state index is 12.2. The number of esters is 1. The second-order valence-corrected chi connectivity index (χ2v) is 7.17. The van der Waals surface area contributed by atoms with Crippen molar-refractivity contribution in [3.63, 3.8) is 0 Å². The monoisotopic (exact) mass is 397 g/mol. The van der Waals surface area contributed by atoms with Crippen LogP contribution in [-0.4, -0.2) is 23.1 Å². The molecule has 1 heterocycles. The van der Waals surface area contributed by atoms with Gasteiger partial charge in [-0.3, -0.25) is 4.79 Å². The van der Waals surface area contributed by atoms with Crippen molar-refractivity contribution in [1.29, 1.82) is 5.26 Å². The number of anilines is 1. The third kappa shape index (κ3) is 4.62. The summed E-state index contributed by atoms with van der Waals surface area (Å²) >= 11 is 5.86. The Labute approximate surface area is 168 Å². The van der Waals surface area contributed by atoms with Crippen LogP contribution in [0.1, 0.15) is 35.8 Å². The highest BCUT2D eigenvalue weighted by Gasteiger charge is 2.27. The molecule has 3 rings (SSSR count). The second kappa shape index (κ2) is 8.32. The quantitative estimate of drug-likeness (QED) is 0.450. The first-order valence-electron chi connectivity index (χ1n) is 8.92. The summed E-state index contributed by atoms with van der Waals surface area (Å²) < 4.78 is 7.21. The fourth-order valence-corrected chi connectivity index (χ4v) is 3.30. The van der Waals surface area contributed by atoms with Gasteiger partial charge < -0.3 is 14.6 Å². The Morgan fingerprint density at radius 3 is 2.75 bits per heavy atom. The van der Waals surface area contributed by atoms with Crippen LogP contribution in [0.25, 0.3) is 6.08 Å². The van der Waals surface area contributed by atoms with Crippen LogP contribution in [0.2, 0.25) is 5.02 Å². The predicted octanol–water partition coefficient (Wildman–Crippen LogP) is 4.18. The molecule has 0 radical (unpaired) electrons. The van der Waals surface area contributed by atoms with Crippen molar-refractivity contribution in [2.75, 3.05) is 11.9 Å². The van der Waals surface area contributed by atoms with E-state index in [4.69, 9.17) is 16.3 Å². The molecule has 2 aromatic rings. The lowest BCUT2D eigenvalue weighted by Crippen LogP contribution is -2.21. The molecule has 0 unspecified atom stereocenters. The molecule has 1 aromatic carbocycles. The Kier molecular flexibility index (Phi) is 5.86. The van der Waals surface area contributed by atoms with Crippen molar-refractivity contribution in [2.45, 2.75) is 32.7 Å². The first-order chi connectivity index (χ1) is 13.4. The molecule has 6 nitrogen and oxygen atoms in total. The Bertz CT molecular complexity index is 997. The van der Waals surface area contributed by atoms with Gasteiger partial charge in [-0.1, -0.05) is 17.7 Å². The van der Waals surface area contributed by atoms with E-state index < -0.39 is 18.5 Å². The topological polar surface area (TPSA) is 84.1 Å². The molecule has 7 heteroatoms. The SMILES string of the molecule is Cc1cc(/C=C(\C#N)C(=O)OCC(=O)Nc2cccc(Cl)c2)c(C)n1C1CC1. The molecule has 0 saturated heterocycles. The predicted molar refractivity (Wildman–Crippen MR) is 107 cm³/mol. The summed E-state index contributed by atoms with van der Waals surface area (Å²) in [5, 5.41) is 12.4. The zero-order valence-corrected chi connectivity index (χ0v) is 16.4. The molecule has 1 N–H and O–H groups in total. The number of benzene rings is 1. The van der Waals surface area contributed by atoms with Gasteiger partial charge in [-0.2, -0.15) is 5.26 Å². The molecular formula is C21H20ClN3O3. The van der Waals surface area contributed by atoms with E-state index in [1.165, 1.54) is 6.08 Å². The Morgan fingerprint density at radius 2 is 2.11 bits per heavy atom. The number of carbonyl (C=O) groups excluding carboxylic acids is 2. The Hall–Kier alpha value is -3.04. The minimum atomic E-state index is -0.833. The van der Waals surface area contributed by atoms with Crippen LogP contribution >= 0.6 is 11.6 Å². The lowest BCUT2D eigenvalue weighted by molar-refractivity contribution is -0.142. The van der Waals surface area contributed by atoms with E-state index in [0.717, 1.165) is 29.8 Å².